The number of rotatable bonds is 8. The molecule has 6 nitrogen and oxygen atoms in total. The van der Waals surface area contributed by atoms with E-state index in [4.69, 9.17) is 5.73 Å². The number of nitrogens with two attached hydrogens (primary N) is 1. The Labute approximate surface area is 129 Å². The topological polar surface area (TPSA) is 101 Å². The van der Waals surface area contributed by atoms with E-state index >= 15 is 0 Å². The van der Waals surface area contributed by atoms with E-state index in [0.717, 1.165) is 0 Å². The molecule has 0 heterocycles. The Bertz CT molecular complexity index is 334. The van der Waals surface area contributed by atoms with Crippen LogP contribution in [0.25, 0.3) is 0 Å². The fourth-order valence-electron chi connectivity index (χ4n) is 1.66. The first kappa shape index (κ1) is 18.5. The Morgan fingerprint density at radius 1 is 1.16 bits per heavy atom. The molecule has 0 saturated heterocycles. The van der Waals surface area contributed by atoms with Crippen LogP contribution in [0, 0.1) is 5.92 Å². The molecule has 0 aromatic heterocycles. The van der Waals surface area contributed by atoms with Crippen molar-refractivity contribution in [1.29, 1.82) is 0 Å². The maximum absolute atomic E-state index is 12.0. The van der Waals surface area contributed by atoms with Crippen molar-refractivity contribution in [2.75, 3.05) is 6.54 Å². The summed E-state index contributed by atoms with van der Waals surface area (Å²) in [4.78, 5) is 34.6. The van der Waals surface area contributed by atoms with E-state index in [0.29, 0.717) is 51.1 Å². The summed E-state index contributed by atoms with van der Waals surface area (Å²) in [5.41, 5.74) is 5.43. The van der Waals surface area contributed by atoms with Gasteiger partial charge in [-0.15, -0.1) is 0 Å². The third-order valence-electron chi connectivity index (χ3n) is 2.59. The van der Waals surface area contributed by atoms with Crippen LogP contribution in [-0.4, -0.2) is 59.6 Å². The first-order valence-corrected chi connectivity index (χ1v) is 8.25. The first-order valence-electron chi connectivity index (χ1n) is 6.30. The summed E-state index contributed by atoms with van der Waals surface area (Å²) in [6, 6.07) is -1.15. The average molecular weight is 464 g/mol. The second-order valence-electron chi connectivity index (χ2n) is 4.90. The van der Waals surface area contributed by atoms with E-state index in [1.165, 1.54) is 6.92 Å². The van der Waals surface area contributed by atoms with Crippen LogP contribution in [0.3, 0.4) is 0 Å². The van der Waals surface area contributed by atoms with E-state index in [1.807, 2.05) is 13.8 Å². The van der Waals surface area contributed by atoms with E-state index in [9.17, 15) is 14.4 Å². The second-order valence-corrected chi connectivity index (χ2v) is 6.67. The van der Waals surface area contributed by atoms with Gasteiger partial charge in [0.25, 0.3) is 0 Å². The standard InChI is InChI=1S/C12H22N3O3.Pb/c1-8(2)6-11(9(3)17)15-12(18)10(4-5-13)14-7-16;/h8,10-11H,4-6,13H2,1-3H3,(H,14,16)(H,15,18);. The predicted octanol–water partition coefficient (Wildman–Crippen LogP) is -0.298. The molecule has 2 atom stereocenters. The number of carbonyl (C=O) groups excluding carboxylic acids is 3. The molecule has 7 heteroatoms. The zero-order valence-corrected chi connectivity index (χ0v) is 15.5. The normalized spacial score (nSPS) is 13.8. The zero-order chi connectivity index (χ0) is 15.0. The fourth-order valence-corrected chi connectivity index (χ4v) is 2.34. The fraction of sp³-hybridized carbons (Fsp3) is 0.750. The summed E-state index contributed by atoms with van der Waals surface area (Å²) < 4.78 is -0.156. The Hall–Kier alpha value is -0.508. The van der Waals surface area contributed by atoms with Crippen LogP contribution in [0.4, 0.5) is 4.79 Å². The van der Waals surface area contributed by atoms with Crippen molar-refractivity contribution in [2.24, 2.45) is 11.7 Å². The number of hydrogen-bond donors (Lipinski definition) is 3. The van der Waals surface area contributed by atoms with E-state index < -0.39 is 12.1 Å². The molecule has 107 valence electrons. The van der Waals surface area contributed by atoms with Gasteiger partial charge in [-0.25, -0.2) is 0 Å². The van der Waals surface area contributed by atoms with Gasteiger partial charge in [-0.2, -0.15) is 0 Å². The van der Waals surface area contributed by atoms with Crippen LogP contribution >= 0.6 is 0 Å². The maximum atomic E-state index is 12.0. The van der Waals surface area contributed by atoms with Gasteiger partial charge in [0.05, 0.1) is 0 Å². The van der Waals surface area contributed by atoms with Gasteiger partial charge in [-0.05, 0) is 0 Å². The van der Waals surface area contributed by atoms with Crippen molar-refractivity contribution in [2.45, 2.75) is 45.7 Å². The summed E-state index contributed by atoms with van der Waals surface area (Å²) in [7, 11) is 0. The van der Waals surface area contributed by atoms with Gasteiger partial charge >= 0.3 is 130 Å². The summed E-state index contributed by atoms with van der Waals surface area (Å²) >= 11 is 0.326. The van der Waals surface area contributed by atoms with Crippen LogP contribution < -0.4 is 16.4 Å². The third kappa shape index (κ3) is 8.30. The first-order chi connectivity index (χ1) is 8.77. The van der Waals surface area contributed by atoms with Gasteiger partial charge in [0, 0.05) is 0 Å². The van der Waals surface area contributed by atoms with Crippen molar-refractivity contribution in [3.63, 3.8) is 0 Å². The second kappa shape index (κ2) is 9.40. The van der Waals surface area contributed by atoms with E-state index in [-0.39, 0.29) is 15.2 Å². The zero-order valence-electron chi connectivity index (χ0n) is 11.7. The van der Waals surface area contributed by atoms with Crippen molar-refractivity contribution in [3.05, 3.63) is 0 Å². The van der Waals surface area contributed by atoms with Gasteiger partial charge in [0.2, 0.25) is 0 Å². The van der Waals surface area contributed by atoms with Crippen molar-refractivity contribution in [1.82, 2.24) is 10.6 Å². The monoisotopic (exact) mass is 464 g/mol. The summed E-state index contributed by atoms with van der Waals surface area (Å²) in [6.45, 7) is 5.73. The van der Waals surface area contributed by atoms with E-state index in [1.54, 1.807) is 0 Å². The number of carbonyl (C=O) groups is 3. The number of ketones is 1. The molecule has 0 aromatic rings. The molecule has 0 saturated carbocycles. The summed E-state index contributed by atoms with van der Waals surface area (Å²) in [5.74, 6) is -0.114. The summed E-state index contributed by atoms with van der Waals surface area (Å²) in [5, 5.41) is 5.29. The molecule has 0 fully saturated rings. The average Bonchev–Trinajstić information content (AvgIpc) is 2.26. The molecule has 2 amide bonds. The molecular weight excluding hydrogens is 441 g/mol. The van der Waals surface area contributed by atoms with Gasteiger partial charge in [-0.1, -0.05) is 0 Å². The molecule has 19 heavy (non-hydrogen) atoms. The molecule has 0 aliphatic carbocycles. The molecule has 0 bridgehead atoms. The van der Waals surface area contributed by atoms with Crippen LogP contribution in [-0.2, 0) is 9.59 Å². The van der Waals surface area contributed by atoms with E-state index in [2.05, 4.69) is 10.6 Å². The Balaban J connectivity index is 4.65. The number of Topliss-reactive ketones (excluding diaryl/α,β-unsaturated/α-hetero) is 1. The molecule has 0 aliphatic rings. The quantitative estimate of drug-likeness (QED) is 0.431. The van der Waals surface area contributed by atoms with Crippen molar-refractivity contribution in [3.8, 4) is 0 Å². The molecule has 4 N–H and O–H groups in total. The molecule has 0 aliphatic heterocycles. The van der Waals surface area contributed by atoms with Gasteiger partial charge < -0.3 is 0 Å². The van der Waals surface area contributed by atoms with Crippen LogP contribution in [0.5, 0.6) is 0 Å². The number of amides is 2. The molecule has 0 spiro atoms. The minimum absolute atomic E-state index is 0.0780. The summed E-state index contributed by atoms with van der Waals surface area (Å²) in [6.07, 6.45) is 0.956. The van der Waals surface area contributed by atoms with Gasteiger partial charge in [0.15, 0.2) is 0 Å². The van der Waals surface area contributed by atoms with Gasteiger partial charge in [0.1, 0.15) is 0 Å². The predicted molar refractivity (Wildman–Crippen MR) is 73.8 cm³/mol. The number of hydrogen-bond acceptors (Lipinski definition) is 4. The Morgan fingerprint density at radius 3 is 2.11 bits per heavy atom. The van der Waals surface area contributed by atoms with Crippen LogP contribution in [0.1, 0.15) is 33.6 Å². The molecule has 0 aromatic carbocycles. The van der Waals surface area contributed by atoms with Crippen molar-refractivity contribution >= 4 is 40.9 Å². The molecule has 2 unspecified atom stereocenters. The number of nitrogens with one attached hydrogen (secondary N) is 2. The van der Waals surface area contributed by atoms with Crippen LogP contribution in [0.15, 0.2) is 0 Å². The third-order valence-corrected chi connectivity index (χ3v) is 3.15. The molecular formula is C12H22N3O3Pb. The molecule has 0 rings (SSSR count). The minimum atomic E-state index is -0.649. The Morgan fingerprint density at radius 2 is 1.74 bits per heavy atom. The Kier molecular flexibility index (Phi) is 9.15. The molecule has 3 radical (unpaired) electrons. The SMILES string of the molecule is CC(=O)C(CC(C)C)NC(=O)C(CCN)N[C](=O)[Pb]. The van der Waals surface area contributed by atoms with Crippen molar-refractivity contribution < 1.29 is 14.4 Å². The van der Waals surface area contributed by atoms with Crippen LogP contribution in [0.2, 0.25) is 0 Å². The van der Waals surface area contributed by atoms with Gasteiger partial charge in [-0.3, -0.25) is 0 Å².